The summed E-state index contributed by atoms with van der Waals surface area (Å²) in [7, 11) is 3.37. The molecule has 8 saturated heterocycles. The van der Waals surface area contributed by atoms with Crippen LogP contribution in [0.4, 0.5) is 9.59 Å². The number of likely N-dealkylation sites (N-methyl/N-ethyl adjacent to an activating group) is 2. The van der Waals surface area contributed by atoms with Crippen molar-refractivity contribution in [2.45, 2.75) is 322 Å². The van der Waals surface area contributed by atoms with Crippen LogP contribution < -0.4 is 5.32 Å². The van der Waals surface area contributed by atoms with E-state index in [4.69, 9.17) is 71.1 Å². The molecule has 28 atom stereocenters. The molecule has 572 valence electrons. The zero-order valence-electron chi connectivity index (χ0n) is 64.3. The summed E-state index contributed by atoms with van der Waals surface area (Å²) in [5.41, 5.74) is -2.45. The van der Waals surface area contributed by atoms with Crippen LogP contribution in [0.1, 0.15) is 188 Å². The van der Waals surface area contributed by atoms with Gasteiger partial charge in [-0.15, -0.1) is 0 Å². The molecule has 0 spiro atoms. The molecule has 8 aliphatic rings. The van der Waals surface area contributed by atoms with Crippen molar-refractivity contribution in [3.63, 3.8) is 0 Å². The second kappa shape index (κ2) is 32.1. The van der Waals surface area contributed by atoms with Crippen molar-refractivity contribution in [1.82, 2.24) is 10.2 Å². The molecule has 10 unspecified atom stereocenters. The highest BCUT2D eigenvalue weighted by Gasteiger charge is 2.65. The molecule has 24 heteroatoms. The van der Waals surface area contributed by atoms with E-state index in [1.165, 1.54) is 11.8 Å². The van der Waals surface area contributed by atoms with Crippen molar-refractivity contribution in [2.75, 3.05) is 14.1 Å². The number of rotatable bonds is 15. The summed E-state index contributed by atoms with van der Waals surface area (Å²) in [6.45, 7) is 37.6. The average molecular weight is 1440 g/mol. The van der Waals surface area contributed by atoms with Gasteiger partial charge in [0.05, 0.1) is 66.1 Å². The highest BCUT2D eigenvalue weighted by molar-refractivity contribution is 6.00. The zero-order chi connectivity index (χ0) is 75.1. The molecule has 0 aromatic heterocycles. The fourth-order valence-corrected chi connectivity index (χ4v) is 18.1. The van der Waals surface area contributed by atoms with E-state index < -0.39 is 167 Å². The van der Waals surface area contributed by atoms with Gasteiger partial charge in [0, 0.05) is 36.8 Å². The molecule has 8 fully saturated rings. The Morgan fingerprint density at radius 1 is 0.578 bits per heavy atom. The van der Waals surface area contributed by atoms with E-state index in [9.17, 15) is 33.9 Å². The molecule has 2 aromatic rings. The Hall–Kier alpha value is -5.22. The number of amides is 1. The Kier molecular flexibility index (Phi) is 25.4. The van der Waals surface area contributed by atoms with Crippen LogP contribution in [0.2, 0.25) is 0 Å². The molecule has 0 radical (unpaired) electrons. The summed E-state index contributed by atoms with van der Waals surface area (Å²) >= 11 is 0. The number of ketones is 2. The van der Waals surface area contributed by atoms with Gasteiger partial charge in [-0.25, -0.2) is 9.59 Å². The summed E-state index contributed by atoms with van der Waals surface area (Å²) in [5.74, 6) is -8.43. The van der Waals surface area contributed by atoms with Crippen molar-refractivity contribution in [3.8, 4) is 0 Å². The molecular formula is C78H118N2O22. The fraction of sp³-hybridized carbons (Fsp3) is 0.769. The van der Waals surface area contributed by atoms with E-state index in [0.29, 0.717) is 32.1 Å². The second-order valence-electron chi connectivity index (χ2n) is 32.2. The normalized spacial score (nSPS) is 42.9. The Balaban J connectivity index is 0.000000256. The quantitative estimate of drug-likeness (QED) is 0.0952. The average Bonchev–Trinajstić information content (AvgIpc) is 1.58. The van der Waals surface area contributed by atoms with Crippen LogP contribution in [0.15, 0.2) is 60.7 Å². The molecule has 10 rings (SSSR count). The third-order valence-electron chi connectivity index (χ3n) is 23.0. The first-order chi connectivity index (χ1) is 47.7. The van der Waals surface area contributed by atoms with Crippen LogP contribution in [0.3, 0.4) is 0 Å². The Bertz CT molecular complexity index is 3210. The van der Waals surface area contributed by atoms with Gasteiger partial charge in [0.25, 0.3) is 0 Å². The van der Waals surface area contributed by atoms with Gasteiger partial charge in [-0.2, -0.15) is 0 Å². The van der Waals surface area contributed by atoms with Crippen LogP contribution in [0.25, 0.3) is 0 Å². The van der Waals surface area contributed by atoms with E-state index in [0.717, 1.165) is 11.1 Å². The molecule has 0 aliphatic carbocycles. The molecule has 0 saturated carbocycles. The van der Waals surface area contributed by atoms with Crippen molar-refractivity contribution >= 4 is 35.8 Å². The number of esters is 2. The topological polar surface area (TPSA) is 276 Å². The summed E-state index contributed by atoms with van der Waals surface area (Å²) < 4.78 is 95.6. The van der Waals surface area contributed by atoms with Gasteiger partial charge in [0.1, 0.15) is 54.6 Å². The zero-order valence-corrected chi connectivity index (χ0v) is 64.3. The van der Waals surface area contributed by atoms with Crippen LogP contribution in [-0.4, -0.2) is 192 Å². The molecule has 2 aromatic carbocycles. The number of carbonyl (C=O) groups excluding carboxylic acids is 6. The van der Waals surface area contributed by atoms with E-state index >= 15 is 0 Å². The number of hydrogen-bond acceptors (Lipinski definition) is 23. The van der Waals surface area contributed by atoms with Crippen LogP contribution in [-0.2, 0) is 103 Å². The summed E-state index contributed by atoms with van der Waals surface area (Å²) in [6, 6.07) is 17.4. The Morgan fingerprint density at radius 2 is 0.990 bits per heavy atom. The van der Waals surface area contributed by atoms with Gasteiger partial charge in [0.15, 0.2) is 41.8 Å². The lowest BCUT2D eigenvalue weighted by molar-refractivity contribution is -0.296. The van der Waals surface area contributed by atoms with Crippen molar-refractivity contribution in [3.05, 3.63) is 71.8 Å². The number of nitrogens with zero attached hydrogens (tertiary/aromatic N) is 1. The largest absolute Gasteiger partial charge is 0.509 e. The van der Waals surface area contributed by atoms with Crippen molar-refractivity contribution in [2.24, 2.45) is 47.3 Å². The molecule has 24 nitrogen and oxygen atoms in total. The molecule has 1 amide bonds. The van der Waals surface area contributed by atoms with Gasteiger partial charge in [0.2, 0.25) is 0 Å². The van der Waals surface area contributed by atoms with Crippen LogP contribution in [0, 0.1) is 47.3 Å². The highest BCUT2D eigenvalue weighted by atomic mass is 16.8. The van der Waals surface area contributed by atoms with Gasteiger partial charge in [-0.05, 0) is 152 Å². The number of nitrogens with one attached hydrogen (secondary N) is 1. The standard InChI is InChI=1S/C47H65NO13.C31H53NO9/c1-12-35-47(10,61-45(7,8)59-35)40-31(6)37-27(2)24-46(9,60-37)39(29(4)36(49)30(5)41(50)57-40)58-42-38(56-44(52)54-26-33-21-17-14-18-22-33)34(23-28(3)55-42)48(11)43(51)53-25-32-19-15-13-16-20-32;1-12-21-31(10,41-29(7,8)39-21)26-19(6)24-15(2)14-30(9,40-24)25(17(4)22(33)18(5)27(35)37-26)38-28-23(34)20(32-11)13-16(3)36-28/h13-22,27-31,34-35,37-40,42H,12,23-26H2,1-11H3;15-21,23-26,28,32,34H,12-14H2,1-11H3/t27?,28?,29-,30+,31-,34?,35+,37?,38?,39+,40+,42-,46-,47+;15?,16?,17-,18+,19-,20?,21+,23?,24?,25+,26+,28-,30-,31+/m00/s1. The first-order valence-electron chi connectivity index (χ1n) is 37.1. The lowest BCUT2D eigenvalue weighted by Gasteiger charge is -2.46. The molecule has 8 heterocycles. The molecule has 102 heavy (non-hydrogen) atoms. The highest BCUT2D eigenvalue weighted by Crippen LogP contribution is 2.53. The van der Waals surface area contributed by atoms with E-state index in [-0.39, 0.29) is 67.5 Å². The minimum Gasteiger partial charge on any atom is -0.458 e. The van der Waals surface area contributed by atoms with Gasteiger partial charge >= 0.3 is 24.2 Å². The third-order valence-corrected chi connectivity index (χ3v) is 23.0. The number of benzene rings is 2. The van der Waals surface area contributed by atoms with Gasteiger partial charge in [-0.1, -0.05) is 116 Å². The number of cyclic esters (lactones) is 2. The molecular weight excluding hydrogens is 1320 g/mol. The second-order valence-corrected chi connectivity index (χ2v) is 32.2. The SMILES string of the molecule is CC[C@H]1OC(C)(C)O[C@@]1(C)[C@@H]1OC(=O)[C@H](C)C(=O)[C@H](C)[C@@H](O[C@@H]2OC(C)CC(N(C)C(=O)OCc3ccccc3)C2OC(=O)OCc2ccccc2)[C@]2(C)CC(C)C(O2)[C@@H]1C.CC[C@H]1OC(C)(C)O[C@@]1(C)[C@@H]1OC(=O)[C@H](C)C(=O)[C@H](C)[C@@H](O[C@@H]2OC(C)CC(NC)C2O)[C@]2(C)CC(C)C(O2)[C@@H]1C. The number of hydrogen-bond donors (Lipinski definition) is 2. The predicted octanol–water partition coefficient (Wildman–Crippen LogP) is 11.1. The Labute approximate surface area is 603 Å². The van der Waals surface area contributed by atoms with Gasteiger partial charge < -0.3 is 86.4 Å². The summed E-state index contributed by atoms with van der Waals surface area (Å²) in [4.78, 5) is 84.8. The van der Waals surface area contributed by atoms with E-state index in [2.05, 4.69) is 19.2 Å². The molecule has 2 N–H and O–H groups in total. The number of carbonyl (C=O) groups is 6. The maximum atomic E-state index is 14.5. The third kappa shape index (κ3) is 17.1. The first kappa shape index (κ1) is 80.9. The number of fused-ring (bicyclic) bond motifs is 4. The number of Topliss-reactive ketones (excluding diaryl/α,β-unsaturated/α-hetero) is 2. The number of aliphatic hydroxyl groups excluding tert-OH is 1. The van der Waals surface area contributed by atoms with Crippen molar-refractivity contribution in [1.29, 1.82) is 0 Å². The van der Waals surface area contributed by atoms with Crippen molar-refractivity contribution < 1.29 is 105 Å². The molecule has 8 aliphatic heterocycles. The monoisotopic (exact) mass is 1430 g/mol. The fourth-order valence-electron chi connectivity index (χ4n) is 18.1. The maximum absolute atomic E-state index is 14.5. The van der Waals surface area contributed by atoms with Crippen LogP contribution >= 0.6 is 0 Å². The lowest BCUT2D eigenvalue weighted by Crippen LogP contribution is -2.60. The first-order valence-corrected chi connectivity index (χ1v) is 37.1. The maximum Gasteiger partial charge on any atom is 0.509 e. The number of aliphatic hydroxyl groups is 1. The summed E-state index contributed by atoms with van der Waals surface area (Å²) in [5, 5.41) is 14.2. The Morgan fingerprint density at radius 3 is 1.42 bits per heavy atom. The van der Waals surface area contributed by atoms with Crippen LogP contribution in [0.5, 0.6) is 0 Å². The summed E-state index contributed by atoms with van der Waals surface area (Å²) in [6.07, 6.45) is -8.37. The smallest absolute Gasteiger partial charge is 0.458 e. The minimum atomic E-state index is -1.31. The lowest BCUT2D eigenvalue weighted by atomic mass is 9.76. The predicted molar refractivity (Wildman–Crippen MR) is 373 cm³/mol. The van der Waals surface area contributed by atoms with E-state index in [1.807, 2.05) is 158 Å². The minimum absolute atomic E-state index is 0.0269. The van der Waals surface area contributed by atoms with Gasteiger partial charge in [-0.3, -0.25) is 19.2 Å². The van der Waals surface area contributed by atoms with E-state index in [1.54, 1.807) is 34.9 Å². The molecule has 4 bridgehead atoms. The number of ether oxygens (including phenoxy) is 15.